The van der Waals surface area contributed by atoms with E-state index in [-0.39, 0.29) is 19.1 Å². The maximum absolute atomic E-state index is 12.8. The Balaban J connectivity index is 3.82. The monoisotopic (exact) mass is 932 g/mol. The van der Waals surface area contributed by atoms with Crippen LogP contribution < -0.4 is 5.32 Å². The van der Waals surface area contributed by atoms with E-state index in [2.05, 4.69) is 92.1 Å². The molecule has 0 fully saturated rings. The smallest absolute Gasteiger partial charge is 0.391 e. The highest BCUT2D eigenvalue weighted by Gasteiger charge is 2.28. The van der Waals surface area contributed by atoms with Crippen LogP contribution in [0.4, 0.5) is 0 Å². The third-order valence-electron chi connectivity index (χ3n) is 11.7. The van der Waals surface area contributed by atoms with Gasteiger partial charge in [-0.3, -0.25) is 13.8 Å². The van der Waals surface area contributed by atoms with Crippen LogP contribution in [0.25, 0.3) is 0 Å². The number of nitrogens with zero attached hydrogens (tertiary/aromatic N) is 1. The lowest BCUT2D eigenvalue weighted by molar-refractivity contribution is -0.870. The van der Waals surface area contributed by atoms with Gasteiger partial charge in [0, 0.05) is 6.42 Å². The molecular weight excluding hydrogens is 828 g/mol. The van der Waals surface area contributed by atoms with Crippen molar-refractivity contribution in [1.29, 1.82) is 0 Å². The standard InChI is InChI=1S/C56H103N2O6P/c1-6-8-10-12-14-15-16-17-18-19-20-21-22-23-24-25-26-27-28-29-30-31-32-33-34-35-36-37-38-39-40-41-42-43-44-46-48-50-56(60)57-54(55(59)49-47-45-13-11-9-7-2)53-64-65(61,62)63-52-51-58(3,4)5/h8,10,14-15,17-18,20-21,23-24,26-27,54-55,59H,6-7,9,11-13,16,19,22,25,28-53H2,1-5H3,(H-,57,60,61,62)/p+1/b10-8-,15-14-,18-17-,21-20-,24-23-,27-26-. The summed E-state index contributed by atoms with van der Waals surface area (Å²) in [5, 5.41) is 13.8. The van der Waals surface area contributed by atoms with Gasteiger partial charge in [-0.1, -0.05) is 228 Å². The Labute approximate surface area is 402 Å². The molecule has 3 unspecified atom stereocenters. The highest BCUT2D eigenvalue weighted by atomic mass is 31.2. The van der Waals surface area contributed by atoms with Crippen LogP contribution >= 0.6 is 7.82 Å². The van der Waals surface area contributed by atoms with E-state index in [1.54, 1.807) is 0 Å². The zero-order chi connectivity index (χ0) is 47.8. The molecule has 65 heavy (non-hydrogen) atoms. The van der Waals surface area contributed by atoms with Crippen molar-refractivity contribution in [2.45, 2.75) is 238 Å². The first-order chi connectivity index (χ1) is 31.5. The Morgan fingerprint density at radius 1 is 0.538 bits per heavy atom. The van der Waals surface area contributed by atoms with E-state index in [1.807, 2.05) is 21.1 Å². The fourth-order valence-corrected chi connectivity index (χ4v) is 8.26. The van der Waals surface area contributed by atoms with Gasteiger partial charge < -0.3 is 19.8 Å². The minimum Gasteiger partial charge on any atom is -0.391 e. The van der Waals surface area contributed by atoms with Crippen LogP contribution in [0.1, 0.15) is 226 Å². The van der Waals surface area contributed by atoms with E-state index in [0.29, 0.717) is 23.9 Å². The van der Waals surface area contributed by atoms with E-state index in [0.717, 1.165) is 77.0 Å². The van der Waals surface area contributed by atoms with Crippen molar-refractivity contribution in [3.8, 4) is 0 Å². The second-order valence-electron chi connectivity index (χ2n) is 19.2. The number of amides is 1. The molecule has 0 heterocycles. The summed E-state index contributed by atoms with van der Waals surface area (Å²) < 4.78 is 23.5. The number of unbranched alkanes of at least 4 members (excludes halogenated alkanes) is 23. The molecule has 3 atom stereocenters. The molecule has 0 aromatic rings. The minimum absolute atomic E-state index is 0.0731. The molecule has 0 bridgehead atoms. The van der Waals surface area contributed by atoms with Crippen LogP contribution in [0, 0.1) is 0 Å². The lowest BCUT2D eigenvalue weighted by Crippen LogP contribution is -2.46. The molecule has 0 aromatic heterocycles. The van der Waals surface area contributed by atoms with Crippen molar-refractivity contribution in [3.05, 3.63) is 72.9 Å². The van der Waals surface area contributed by atoms with Gasteiger partial charge in [0.25, 0.3) is 0 Å². The number of likely N-dealkylation sites (N-methyl/N-ethyl adjacent to an activating group) is 1. The van der Waals surface area contributed by atoms with Crippen molar-refractivity contribution in [2.75, 3.05) is 40.9 Å². The number of aliphatic hydroxyl groups excluding tert-OH is 1. The quantitative estimate of drug-likeness (QED) is 0.0243. The normalized spacial score (nSPS) is 14.6. The summed E-state index contributed by atoms with van der Waals surface area (Å²) in [6.45, 7) is 4.70. The first kappa shape index (κ1) is 62.9. The SMILES string of the molecule is CC/C=C\C/C=C\C/C=C\C/C=C\C/C=C\C/C=C\CCCCCCCCCCCCCCCCCCCCC(=O)NC(COP(=O)(O)OCC[N+](C)(C)C)C(O)CCCCCCCC. The summed E-state index contributed by atoms with van der Waals surface area (Å²) in [6.07, 6.45) is 64.3. The first-order valence-corrected chi connectivity index (χ1v) is 28.3. The van der Waals surface area contributed by atoms with Crippen molar-refractivity contribution in [1.82, 2.24) is 5.32 Å². The molecular formula is C56H104N2O6P+. The van der Waals surface area contributed by atoms with Gasteiger partial charge in [-0.15, -0.1) is 0 Å². The lowest BCUT2D eigenvalue weighted by Gasteiger charge is -2.26. The van der Waals surface area contributed by atoms with Crippen LogP contribution in [0.5, 0.6) is 0 Å². The van der Waals surface area contributed by atoms with E-state index >= 15 is 0 Å². The number of nitrogens with one attached hydrogen (secondary N) is 1. The molecule has 0 aliphatic heterocycles. The second-order valence-corrected chi connectivity index (χ2v) is 20.7. The number of phosphoric acid groups is 1. The Morgan fingerprint density at radius 2 is 0.923 bits per heavy atom. The van der Waals surface area contributed by atoms with Gasteiger partial charge in [0.1, 0.15) is 13.2 Å². The van der Waals surface area contributed by atoms with Crippen molar-refractivity contribution >= 4 is 13.7 Å². The number of hydrogen-bond donors (Lipinski definition) is 3. The largest absolute Gasteiger partial charge is 0.472 e. The second kappa shape index (κ2) is 47.0. The van der Waals surface area contributed by atoms with Crippen molar-refractivity contribution in [3.63, 3.8) is 0 Å². The lowest BCUT2D eigenvalue weighted by atomic mass is 10.0. The number of aliphatic hydroxyl groups is 1. The van der Waals surface area contributed by atoms with Crippen LogP contribution in [0.2, 0.25) is 0 Å². The molecule has 0 aliphatic carbocycles. The summed E-state index contributed by atoms with van der Waals surface area (Å²) in [7, 11) is 1.61. The number of quaternary nitrogens is 1. The number of carbonyl (C=O) groups is 1. The highest BCUT2D eigenvalue weighted by Crippen LogP contribution is 2.43. The van der Waals surface area contributed by atoms with Crippen LogP contribution in [-0.4, -0.2) is 73.4 Å². The van der Waals surface area contributed by atoms with Crippen molar-refractivity contribution < 1.29 is 32.9 Å². The number of allylic oxidation sites excluding steroid dienone is 12. The maximum Gasteiger partial charge on any atom is 0.472 e. The maximum atomic E-state index is 12.8. The topological polar surface area (TPSA) is 105 Å². The van der Waals surface area contributed by atoms with E-state index in [4.69, 9.17) is 9.05 Å². The van der Waals surface area contributed by atoms with Gasteiger partial charge in [0.2, 0.25) is 5.91 Å². The third kappa shape index (κ3) is 49.7. The summed E-state index contributed by atoms with van der Waals surface area (Å²) in [5.41, 5.74) is 0. The Morgan fingerprint density at radius 3 is 1.35 bits per heavy atom. The van der Waals surface area contributed by atoms with Gasteiger partial charge in [-0.25, -0.2) is 4.57 Å². The predicted octanol–water partition coefficient (Wildman–Crippen LogP) is 15.9. The molecule has 8 nitrogen and oxygen atoms in total. The highest BCUT2D eigenvalue weighted by molar-refractivity contribution is 7.47. The molecule has 0 rings (SSSR count). The number of phosphoric ester groups is 1. The summed E-state index contributed by atoms with van der Waals surface area (Å²) in [4.78, 5) is 23.1. The molecule has 0 radical (unpaired) electrons. The number of rotatable bonds is 48. The molecule has 378 valence electrons. The average molecular weight is 932 g/mol. The molecule has 0 spiro atoms. The molecule has 1 amide bonds. The fraction of sp³-hybridized carbons (Fsp3) is 0.768. The third-order valence-corrected chi connectivity index (χ3v) is 12.7. The van der Waals surface area contributed by atoms with Gasteiger partial charge >= 0.3 is 7.82 Å². The molecule has 0 aromatic carbocycles. The number of carbonyl (C=O) groups excluding carboxylic acids is 1. The minimum atomic E-state index is -4.30. The Bertz CT molecular complexity index is 1290. The average Bonchev–Trinajstić information content (AvgIpc) is 3.26. The van der Waals surface area contributed by atoms with Crippen molar-refractivity contribution in [2.24, 2.45) is 0 Å². The molecule has 0 aliphatic rings. The van der Waals surface area contributed by atoms with Gasteiger partial charge in [-0.2, -0.15) is 0 Å². The summed E-state index contributed by atoms with van der Waals surface area (Å²) in [6, 6.07) is -0.758. The van der Waals surface area contributed by atoms with Gasteiger partial charge in [0.15, 0.2) is 0 Å². The molecule has 9 heteroatoms. The molecule has 0 saturated carbocycles. The molecule has 3 N–H and O–H groups in total. The van der Waals surface area contributed by atoms with Crippen LogP contribution in [0.15, 0.2) is 72.9 Å². The zero-order valence-electron chi connectivity index (χ0n) is 43.0. The van der Waals surface area contributed by atoms with Gasteiger partial charge in [-0.05, 0) is 64.2 Å². The zero-order valence-corrected chi connectivity index (χ0v) is 43.9. The summed E-state index contributed by atoms with van der Waals surface area (Å²) >= 11 is 0. The first-order valence-electron chi connectivity index (χ1n) is 26.8. The number of hydrogen-bond acceptors (Lipinski definition) is 5. The Kier molecular flexibility index (Phi) is 45.5. The Hall–Kier alpha value is -2.06. The summed E-state index contributed by atoms with van der Waals surface area (Å²) in [5.74, 6) is -0.150. The van der Waals surface area contributed by atoms with Gasteiger partial charge in [0.05, 0.1) is 39.9 Å². The van der Waals surface area contributed by atoms with E-state index in [9.17, 15) is 19.4 Å². The van der Waals surface area contributed by atoms with E-state index in [1.165, 1.54) is 122 Å². The van der Waals surface area contributed by atoms with E-state index < -0.39 is 20.0 Å². The van der Waals surface area contributed by atoms with Crippen LogP contribution in [0.3, 0.4) is 0 Å². The fourth-order valence-electron chi connectivity index (χ4n) is 7.52. The predicted molar refractivity (Wildman–Crippen MR) is 281 cm³/mol. The van der Waals surface area contributed by atoms with Crippen LogP contribution in [-0.2, 0) is 18.4 Å². The molecule has 0 saturated heterocycles.